The highest BCUT2D eigenvalue weighted by Gasteiger charge is 2.28. The molecule has 0 bridgehead atoms. The molecule has 0 spiro atoms. The van der Waals surface area contributed by atoms with Crippen molar-refractivity contribution in [3.8, 4) is 5.88 Å². The van der Waals surface area contributed by atoms with Crippen LogP contribution in [0.1, 0.15) is 29.0 Å². The molecule has 0 aliphatic carbocycles. The summed E-state index contributed by atoms with van der Waals surface area (Å²) in [6.07, 6.45) is 0.339. The van der Waals surface area contributed by atoms with E-state index in [2.05, 4.69) is 20.0 Å². The smallest absolute Gasteiger partial charge is 0.422 e. The van der Waals surface area contributed by atoms with E-state index in [0.717, 1.165) is 0 Å². The second-order valence-corrected chi connectivity index (χ2v) is 5.62. The third-order valence-corrected chi connectivity index (χ3v) is 3.59. The van der Waals surface area contributed by atoms with E-state index in [1.807, 2.05) is 12.1 Å². The second-order valence-electron chi connectivity index (χ2n) is 5.62. The van der Waals surface area contributed by atoms with Gasteiger partial charge in [0.25, 0.3) is 5.91 Å². The van der Waals surface area contributed by atoms with Crippen LogP contribution in [0, 0.1) is 0 Å². The van der Waals surface area contributed by atoms with Crippen LogP contribution in [0.3, 0.4) is 0 Å². The monoisotopic (exact) mass is 364 g/mol. The van der Waals surface area contributed by atoms with Gasteiger partial charge in [0.05, 0.1) is 6.04 Å². The van der Waals surface area contributed by atoms with Gasteiger partial charge in [0.2, 0.25) is 5.88 Å². The molecule has 9 heteroatoms. The van der Waals surface area contributed by atoms with Crippen LogP contribution >= 0.6 is 0 Å². The third-order valence-electron chi connectivity index (χ3n) is 3.59. The first-order valence-corrected chi connectivity index (χ1v) is 7.72. The van der Waals surface area contributed by atoms with E-state index in [4.69, 9.17) is 0 Å². The van der Waals surface area contributed by atoms with Crippen molar-refractivity contribution in [1.29, 1.82) is 0 Å². The predicted octanol–water partition coefficient (Wildman–Crippen LogP) is 3.16. The van der Waals surface area contributed by atoms with E-state index in [-0.39, 0.29) is 17.5 Å². The molecule has 1 amide bonds. The SMILES string of the molecule is CC(NC(=O)c1cn2ccccc2n1)c1ccc(OCC(F)(F)F)nc1. The van der Waals surface area contributed by atoms with Crippen LogP contribution in [-0.2, 0) is 0 Å². The molecule has 1 N–H and O–H groups in total. The lowest BCUT2D eigenvalue weighted by Crippen LogP contribution is -2.27. The Hall–Kier alpha value is -3.10. The number of nitrogens with one attached hydrogen (secondary N) is 1. The van der Waals surface area contributed by atoms with E-state index >= 15 is 0 Å². The minimum absolute atomic E-state index is 0.134. The van der Waals surface area contributed by atoms with Crippen molar-refractivity contribution in [2.45, 2.75) is 19.1 Å². The summed E-state index contributed by atoms with van der Waals surface area (Å²) in [5.41, 5.74) is 1.54. The molecule has 1 atom stereocenters. The number of rotatable bonds is 5. The van der Waals surface area contributed by atoms with Gasteiger partial charge in [-0.15, -0.1) is 0 Å². The number of hydrogen-bond acceptors (Lipinski definition) is 4. The summed E-state index contributed by atoms with van der Waals surface area (Å²) in [7, 11) is 0. The van der Waals surface area contributed by atoms with Gasteiger partial charge < -0.3 is 14.5 Å². The number of amides is 1. The average Bonchev–Trinajstić information content (AvgIpc) is 3.04. The Morgan fingerprint density at radius 1 is 1.31 bits per heavy atom. The first-order valence-electron chi connectivity index (χ1n) is 7.72. The van der Waals surface area contributed by atoms with Gasteiger partial charge in [-0.3, -0.25) is 4.79 Å². The van der Waals surface area contributed by atoms with Crippen molar-refractivity contribution in [2.75, 3.05) is 6.61 Å². The Balaban J connectivity index is 1.63. The largest absolute Gasteiger partial charge is 0.468 e. The Bertz CT molecular complexity index is 873. The minimum atomic E-state index is -4.42. The minimum Gasteiger partial charge on any atom is -0.468 e. The number of nitrogens with zero attached hydrogens (tertiary/aromatic N) is 3. The van der Waals surface area contributed by atoms with Gasteiger partial charge in [0.15, 0.2) is 6.61 Å². The van der Waals surface area contributed by atoms with E-state index in [1.165, 1.54) is 12.3 Å². The maximum atomic E-state index is 12.3. The molecule has 3 aromatic rings. The summed E-state index contributed by atoms with van der Waals surface area (Å²) in [6, 6.07) is 7.90. The number of aromatic nitrogens is 3. The van der Waals surface area contributed by atoms with Crippen LogP contribution in [0.4, 0.5) is 13.2 Å². The van der Waals surface area contributed by atoms with Crippen LogP contribution < -0.4 is 10.1 Å². The second kappa shape index (κ2) is 7.03. The third kappa shape index (κ3) is 4.29. The van der Waals surface area contributed by atoms with E-state index in [9.17, 15) is 18.0 Å². The van der Waals surface area contributed by atoms with Crippen LogP contribution in [0.2, 0.25) is 0 Å². The first-order chi connectivity index (χ1) is 12.3. The highest BCUT2D eigenvalue weighted by Crippen LogP contribution is 2.19. The lowest BCUT2D eigenvalue weighted by atomic mass is 10.1. The van der Waals surface area contributed by atoms with Gasteiger partial charge in [-0.2, -0.15) is 13.2 Å². The van der Waals surface area contributed by atoms with Gasteiger partial charge in [-0.25, -0.2) is 9.97 Å². The summed E-state index contributed by atoms with van der Waals surface area (Å²) in [5.74, 6) is -0.497. The molecule has 6 nitrogen and oxygen atoms in total. The molecular weight excluding hydrogens is 349 g/mol. The molecule has 3 aromatic heterocycles. The molecule has 0 radical (unpaired) electrons. The number of alkyl halides is 3. The van der Waals surface area contributed by atoms with Gasteiger partial charge in [-0.1, -0.05) is 12.1 Å². The fourth-order valence-electron chi connectivity index (χ4n) is 2.29. The summed E-state index contributed by atoms with van der Waals surface area (Å²) in [6.45, 7) is 0.334. The number of carbonyl (C=O) groups excluding carboxylic acids is 1. The number of hydrogen-bond donors (Lipinski definition) is 1. The Kier molecular flexibility index (Phi) is 4.79. The van der Waals surface area contributed by atoms with E-state index < -0.39 is 18.8 Å². The summed E-state index contributed by atoms with van der Waals surface area (Å²) in [5, 5.41) is 2.77. The van der Waals surface area contributed by atoms with Crippen molar-refractivity contribution in [2.24, 2.45) is 0 Å². The molecule has 0 fully saturated rings. The van der Waals surface area contributed by atoms with Crippen LogP contribution in [0.5, 0.6) is 5.88 Å². The molecule has 0 aliphatic heterocycles. The molecule has 3 heterocycles. The van der Waals surface area contributed by atoms with Crippen molar-refractivity contribution in [3.63, 3.8) is 0 Å². The molecule has 1 unspecified atom stereocenters. The Morgan fingerprint density at radius 2 is 2.12 bits per heavy atom. The molecule has 0 aromatic carbocycles. The summed E-state index contributed by atoms with van der Waals surface area (Å²) >= 11 is 0. The van der Waals surface area contributed by atoms with Crippen molar-refractivity contribution >= 4 is 11.6 Å². The number of pyridine rings is 2. The van der Waals surface area contributed by atoms with E-state index in [1.54, 1.807) is 35.9 Å². The number of imidazole rings is 1. The van der Waals surface area contributed by atoms with Gasteiger partial charge in [0.1, 0.15) is 11.3 Å². The molecular formula is C17H15F3N4O2. The van der Waals surface area contributed by atoms with Crippen molar-refractivity contribution in [3.05, 3.63) is 60.2 Å². The lowest BCUT2D eigenvalue weighted by Gasteiger charge is -2.14. The number of halogens is 3. The molecule has 0 aliphatic rings. The van der Waals surface area contributed by atoms with E-state index in [0.29, 0.717) is 11.2 Å². The molecule has 0 saturated heterocycles. The number of ether oxygens (including phenoxy) is 1. The number of fused-ring (bicyclic) bond motifs is 1. The predicted molar refractivity (Wildman–Crippen MR) is 86.9 cm³/mol. The quantitative estimate of drug-likeness (QED) is 0.755. The topological polar surface area (TPSA) is 68.5 Å². The zero-order valence-corrected chi connectivity index (χ0v) is 13.7. The summed E-state index contributed by atoms with van der Waals surface area (Å²) < 4.78 is 42.7. The zero-order chi connectivity index (χ0) is 18.7. The average molecular weight is 364 g/mol. The van der Waals surface area contributed by atoms with Crippen molar-refractivity contribution in [1.82, 2.24) is 19.7 Å². The lowest BCUT2D eigenvalue weighted by molar-refractivity contribution is -0.154. The Labute approximate surface area is 146 Å². The van der Waals surface area contributed by atoms with Crippen molar-refractivity contribution < 1.29 is 22.7 Å². The van der Waals surface area contributed by atoms with Crippen LogP contribution in [-0.4, -0.2) is 33.1 Å². The highest BCUT2D eigenvalue weighted by molar-refractivity contribution is 5.93. The zero-order valence-electron chi connectivity index (χ0n) is 13.7. The molecule has 26 heavy (non-hydrogen) atoms. The normalized spacial score (nSPS) is 12.8. The highest BCUT2D eigenvalue weighted by atomic mass is 19.4. The molecule has 0 saturated carbocycles. The fraction of sp³-hybridized carbons (Fsp3) is 0.235. The fourth-order valence-corrected chi connectivity index (χ4v) is 2.29. The number of carbonyl (C=O) groups is 1. The van der Waals surface area contributed by atoms with Crippen LogP contribution in [0.15, 0.2) is 48.9 Å². The first kappa shape index (κ1) is 17.7. The van der Waals surface area contributed by atoms with Crippen LogP contribution in [0.25, 0.3) is 5.65 Å². The molecule has 3 rings (SSSR count). The van der Waals surface area contributed by atoms with Gasteiger partial charge in [0, 0.05) is 24.7 Å². The maximum absolute atomic E-state index is 12.3. The summed E-state index contributed by atoms with van der Waals surface area (Å²) in [4.78, 5) is 20.4. The Morgan fingerprint density at radius 3 is 2.77 bits per heavy atom. The molecule has 136 valence electrons. The standard InChI is InChI=1S/C17H15F3N4O2/c1-11(12-5-6-15(21-8-12)26-10-17(18,19)20)22-16(25)13-9-24-7-3-2-4-14(24)23-13/h2-9,11H,10H2,1H3,(H,22,25). The van der Waals surface area contributed by atoms with Gasteiger partial charge >= 0.3 is 6.18 Å². The van der Waals surface area contributed by atoms with Gasteiger partial charge in [-0.05, 0) is 24.6 Å². The maximum Gasteiger partial charge on any atom is 0.422 e.